The molecule has 142 valence electrons. The van der Waals surface area contributed by atoms with Crippen molar-refractivity contribution in [3.05, 3.63) is 60.2 Å². The molecule has 2 amide bonds. The van der Waals surface area contributed by atoms with E-state index in [4.69, 9.17) is 9.47 Å². The zero-order chi connectivity index (χ0) is 19.6. The lowest BCUT2D eigenvalue weighted by Gasteiger charge is -2.22. The molecule has 7 nitrogen and oxygen atoms in total. The highest BCUT2D eigenvalue weighted by Crippen LogP contribution is 2.17. The number of nitrogens with zero attached hydrogens (tertiary/aromatic N) is 1. The Balaban J connectivity index is 1.88. The van der Waals surface area contributed by atoms with E-state index in [9.17, 15) is 14.4 Å². The number of ether oxygens (including phenoxy) is 2. The summed E-state index contributed by atoms with van der Waals surface area (Å²) in [6, 6.07) is 15.6. The predicted octanol–water partition coefficient (Wildman–Crippen LogP) is 2.02. The van der Waals surface area contributed by atoms with E-state index in [0.29, 0.717) is 17.0 Å². The van der Waals surface area contributed by atoms with Gasteiger partial charge in [0, 0.05) is 25.7 Å². The Morgan fingerprint density at radius 3 is 2.44 bits per heavy atom. The third-order valence-corrected chi connectivity index (χ3v) is 3.73. The van der Waals surface area contributed by atoms with Crippen molar-refractivity contribution in [2.24, 2.45) is 0 Å². The minimum absolute atomic E-state index is 0.109. The summed E-state index contributed by atoms with van der Waals surface area (Å²) >= 11 is 0. The number of nitrogens with one attached hydrogen (secondary N) is 1. The zero-order valence-electron chi connectivity index (χ0n) is 15.3. The molecule has 0 aliphatic heterocycles. The van der Waals surface area contributed by atoms with Gasteiger partial charge < -0.3 is 19.7 Å². The number of para-hydroxylation sites is 1. The molecule has 0 aliphatic rings. The van der Waals surface area contributed by atoms with Crippen LogP contribution in [0.15, 0.2) is 54.6 Å². The third kappa shape index (κ3) is 6.14. The number of anilines is 1. The van der Waals surface area contributed by atoms with Crippen LogP contribution in [0.1, 0.15) is 17.3 Å². The lowest BCUT2D eigenvalue weighted by molar-refractivity contribution is -0.123. The van der Waals surface area contributed by atoms with Crippen LogP contribution in [0.2, 0.25) is 0 Å². The van der Waals surface area contributed by atoms with Crippen molar-refractivity contribution in [3.63, 3.8) is 0 Å². The van der Waals surface area contributed by atoms with Gasteiger partial charge in [0.05, 0.1) is 12.7 Å². The summed E-state index contributed by atoms with van der Waals surface area (Å²) < 4.78 is 10.1. The van der Waals surface area contributed by atoms with E-state index in [1.54, 1.807) is 36.4 Å². The van der Waals surface area contributed by atoms with Gasteiger partial charge in [-0.25, -0.2) is 4.79 Å². The topological polar surface area (TPSA) is 84.9 Å². The molecular weight excluding hydrogens is 348 g/mol. The number of carbonyl (C=O) groups excluding carboxylic acids is 3. The minimum Gasteiger partial charge on any atom is -0.484 e. The summed E-state index contributed by atoms with van der Waals surface area (Å²) in [5.41, 5.74) is 0.904. The predicted molar refractivity (Wildman–Crippen MR) is 101 cm³/mol. The van der Waals surface area contributed by atoms with Gasteiger partial charge in [-0.1, -0.05) is 24.3 Å². The molecule has 0 bridgehead atoms. The normalized spacial score (nSPS) is 10.0. The number of amides is 2. The van der Waals surface area contributed by atoms with Crippen LogP contribution in [0.25, 0.3) is 0 Å². The van der Waals surface area contributed by atoms with E-state index in [0.717, 1.165) is 0 Å². The quantitative estimate of drug-likeness (QED) is 0.719. The number of benzene rings is 2. The molecule has 0 unspecified atom stereocenters. The lowest BCUT2D eigenvalue weighted by Crippen LogP contribution is -2.39. The molecule has 2 aromatic carbocycles. The van der Waals surface area contributed by atoms with Gasteiger partial charge in [0.15, 0.2) is 6.61 Å². The molecule has 0 atom stereocenters. The summed E-state index contributed by atoms with van der Waals surface area (Å²) in [6.07, 6.45) is 0. The Labute approximate surface area is 157 Å². The second-order valence-electron chi connectivity index (χ2n) is 5.66. The first kappa shape index (κ1) is 20.0. The van der Waals surface area contributed by atoms with Crippen LogP contribution in [0.4, 0.5) is 5.69 Å². The SMILES string of the molecule is COC(=O)c1cccc(N(CCNC(=O)COc2ccccc2)C(C)=O)c1. The maximum Gasteiger partial charge on any atom is 0.337 e. The fraction of sp³-hybridized carbons (Fsp3) is 0.250. The van der Waals surface area contributed by atoms with Gasteiger partial charge in [-0.3, -0.25) is 9.59 Å². The first-order valence-corrected chi connectivity index (χ1v) is 8.42. The van der Waals surface area contributed by atoms with Gasteiger partial charge in [0.25, 0.3) is 5.91 Å². The maximum absolute atomic E-state index is 12.0. The summed E-state index contributed by atoms with van der Waals surface area (Å²) in [5.74, 6) is -0.359. The number of hydrogen-bond acceptors (Lipinski definition) is 5. The highest BCUT2D eigenvalue weighted by Gasteiger charge is 2.14. The van der Waals surface area contributed by atoms with Gasteiger partial charge in [0.1, 0.15) is 5.75 Å². The van der Waals surface area contributed by atoms with Crippen molar-refractivity contribution >= 4 is 23.5 Å². The van der Waals surface area contributed by atoms with Crippen LogP contribution >= 0.6 is 0 Å². The average Bonchev–Trinajstić information content (AvgIpc) is 2.69. The standard InChI is InChI=1S/C20H22N2O5/c1-15(23)22(17-8-6-7-16(13-17)20(25)26-2)12-11-21-19(24)14-27-18-9-4-3-5-10-18/h3-10,13H,11-12,14H2,1-2H3,(H,21,24). The van der Waals surface area contributed by atoms with Crippen LogP contribution in [-0.4, -0.2) is 44.6 Å². The van der Waals surface area contributed by atoms with E-state index in [-0.39, 0.29) is 31.5 Å². The van der Waals surface area contributed by atoms with Gasteiger partial charge in [-0.2, -0.15) is 0 Å². The molecule has 0 aromatic heterocycles. The summed E-state index contributed by atoms with van der Waals surface area (Å²) in [6.45, 7) is 1.82. The fourth-order valence-electron chi connectivity index (χ4n) is 2.41. The number of carbonyl (C=O) groups is 3. The van der Waals surface area contributed by atoms with E-state index in [1.807, 2.05) is 18.2 Å². The molecule has 1 N–H and O–H groups in total. The number of hydrogen-bond donors (Lipinski definition) is 1. The molecule has 0 heterocycles. The third-order valence-electron chi connectivity index (χ3n) is 3.73. The lowest BCUT2D eigenvalue weighted by atomic mass is 10.2. The number of rotatable bonds is 8. The molecule has 2 aromatic rings. The van der Waals surface area contributed by atoms with Crippen molar-refractivity contribution in [2.45, 2.75) is 6.92 Å². The highest BCUT2D eigenvalue weighted by molar-refractivity contribution is 5.95. The second-order valence-corrected chi connectivity index (χ2v) is 5.66. The van der Waals surface area contributed by atoms with Crippen LogP contribution < -0.4 is 15.0 Å². The van der Waals surface area contributed by atoms with Crippen molar-refractivity contribution in [1.82, 2.24) is 5.32 Å². The molecule has 0 radical (unpaired) electrons. The van der Waals surface area contributed by atoms with Crippen LogP contribution in [0.3, 0.4) is 0 Å². The van der Waals surface area contributed by atoms with Gasteiger partial charge in [0.2, 0.25) is 5.91 Å². The fourth-order valence-corrected chi connectivity index (χ4v) is 2.41. The Kier molecular flexibility index (Phi) is 7.37. The van der Waals surface area contributed by atoms with Crippen molar-refractivity contribution in [2.75, 3.05) is 31.7 Å². The first-order chi connectivity index (χ1) is 13.0. The Bertz CT molecular complexity index is 792. The molecular formula is C20H22N2O5. The number of methoxy groups -OCH3 is 1. The second kappa shape index (κ2) is 9.96. The van der Waals surface area contributed by atoms with Crippen molar-refractivity contribution in [1.29, 1.82) is 0 Å². The maximum atomic E-state index is 12.0. The average molecular weight is 370 g/mol. The van der Waals surface area contributed by atoms with E-state index in [2.05, 4.69) is 5.32 Å². The van der Waals surface area contributed by atoms with E-state index < -0.39 is 5.97 Å². The summed E-state index contributed by atoms with van der Waals surface area (Å²) in [4.78, 5) is 37.0. The Hall–Kier alpha value is -3.35. The van der Waals surface area contributed by atoms with Gasteiger partial charge >= 0.3 is 5.97 Å². The van der Waals surface area contributed by atoms with E-state index in [1.165, 1.54) is 18.9 Å². The number of esters is 1. The van der Waals surface area contributed by atoms with Gasteiger partial charge in [-0.15, -0.1) is 0 Å². The van der Waals surface area contributed by atoms with Gasteiger partial charge in [-0.05, 0) is 30.3 Å². The Morgan fingerprint density at radius 1 is 1.04 bits per heavy atom. The monoisotopic (exact) mass is 370 g/mol. The highest BCUT2D eigenvalue weighted by atomic mass is 16.5. The Morgan fingerprint density at radius 2 is 1.78 bits per heavy atom. The zero-order valence-corrected chi connectivity index (χ0v) is 15.3. The largest absolute Gasteiger partial charge is 0.484 e. The molecule has 7 heteroatoms. The summed E-state index contributed by atoms with van der Waals surface area (Å²) in [7, 11) is 1.30. The minimum atomic E-state index is -0.480. The molecule has 0 saturated heterocycles. The van der Waals surface area contributed by atoms with E-state index >= 15 is 0 Å². The van der Waals surface area contributed by atoms with Crippen molar-refractivity contribution in [3.8, 4) is 5.75 Å². The van der Waals surface area contributed by atoms with Crippen LogP contribution in [0.5, 0.6) is 5.75 Å². The first-order valence-electron chi connectivity index (χ1n) is 8.42. The molecule has 2 rings (SSSR count). The van der Waals surface area contributed by atoms with Crippen LogP contribution in [0, 0.1) is 0 Å². The molecule has 27 heavy (non-hydrogen) atoms. The molecule has 0 aliphatic carbocycles. The smallest absolute Gasteiger partial charge is 0.337 e. The van der Waals surface area contributed by atoms with Crippen molar-refractivity contribution < 1.29 is 23.9 Å². The molecule has 0 spiro atoms. The summed E-state index contributed by atoms with van der Waals surface area (Å²) in [5, 5.41) is 2.71. The molecule has 0 fully saturated rings. The van der Waals surface area contributed by atoms with Crippen LogP contribution in [-0.2, 0) is 14.3 Å². The molecule has 0 saturated carbocycles.